The number of rotatable bonds is 8. The Morgan fingerprint density at radius 1 is 1.58 bits per heavy atom. The van der Waals surface area contributed by atoms with Crippen molar-refractivity contribution in [2.45, 2.75) is 50.6 Å². The van der Waals surface area contributed by atoms with E-state index in [1.54, 1.807) is 7.11 Å². The molecule has 0 saturated heterocycles. The number of primary amides is 1. The van der Waals surface area contributed by atoms with Crippen molar-refractivity contribution in [2.75, 3.05) is 33.9 Å². The molecule has 1 aliphatic rings. The molecule has 0 bridgehead atoms. The summed E-state index contributed by atoms with van der Waals surface area (Å²) in [5.74, 6) is -0.204. The summed E-state index contributed by atoms with van der Waals surface area (Å²) in [6.07, 6.45) is 4.89. The minimum Gasteiger partial charge on any atom is -0.385 e. The highest BCUT2D eigenvalue weighted by atomic mass is 16.5. The second-order valence-electron chi connectivity index (χ2n) is 5.55. The molecule has 0 radical (unpaired) electrons. The van der Waals surface area contributed by atoms with E-state index in [2.05, 4.69) is 17.3 Å². The fourth-order valence-electron chi connectivity index (χ4n) is 3.07. The lowest BCUT2D eigenvalue weighted by Crippen LogP contribution is -2.60. The standard InChI is InChI=1S/C14H29N3O2/c1-4-16-14(13(15)18)8-5-7-12(11-14)17(2)9-6-10-19-3/h12,16H,4-11H2,1-3H3,(H2,15,18). The van der Waals surface area contributed by atoms with Gasteiger partial charge in [0.05, 0.1) is 5.54 Å². The molecule has 19 heavy (non-hydrogen) atoms. The van der Waals surface area contributed by atoms with Crippen LogP contribution in [0, 0.1) is 0 Å². The molecule has 0 spiro atoms. The molecular weight excluding hydrogens is 242 g/mol. The van der Waals surface area contributed by atoms with E-state index in [1.165, 1.54) is 0 Å². The molecule has 2 atom stereocenters. The van der Waals surface area contributed by atoms with E-state index in [0.717, 1.165) is 51.8 Å². The molecule has 1 rings (SSSR count). The lowest BCUT2D eigenvalue weighted by molar-refractivity contribution is -0.126. The molecule has 3 N–H and O–H groups in total. The fourth-order valence-corrected chi connectivity index (χ4v) is 3.07. The second kappa shape index (κ2) is 7.82. The first-order valence-electron chi connectivity index (χ1n) is 7.30. The Morgan fingerprint density at radius 3 is 2.89 bits per heavy atom. The number of nitrogens with one attached hydrogen (secondary N) is 1. The Balaban J connectivity index is 2.58. The van der Waals surface area contributed by atoms with Gasteiger partial charge in [0.15, 0.2) is 0 Å². The monoisotopic (exact) mass is 271 g/mol. The van der Waals surface area contributed by atoms with Crippen molar-refractivity contribution in [2.24, 2.45) is 5.73 Å². The van der Waals surface area contributed by atoms with Crippen LogP contribution >= 0.6 is 0 Å². The quantitative estimate of drug-likeness (QED) is 0.639. The SMILES string of the molecule is CCNC1(C(N)=O)CCCC(N(C)CCCOC)C1. The van der Waals surface area contributed by atoms with Crippen LogP contribution in [-0.4, -0.2) is 56.2 Å². The maximum atomic E-state index is 11.8. The van der Waals surface area contributed by atoms with Crippen LogP contribution in [-0.2, 0) is 9.53 Å². The number of hydrogen-bond donors (Lipinski definition) is 2. The molecule has 0 aromatic carbocycles. The third-order valence-electron chi connectivity index (χ3n) is 4.19. The maximum Gasteiger partial charge on any atom is 0.237 e. The number of carbonyl (C=O) groups is 1. The number of methoxy groups -OCH3 is 1. The Bertz CT molecular complexity index is 282. The molecular formula is C14H29N3O2. The van der Waals surface area contributed by atoms with Gasteiger partial charge in [0, 0.05) is 26.3 Å². The van der Waals surface area contributed by atoms with Crippen molar-refractivity contribution in [3.05, 3.63) is 0 Å². The molecule has 5 nitrogen and oxygen atoms in total. The summed E-state index contributed by atoms with van der Waals surface area (Å²) in [6, 6.07) is 0.428. The van der Waals surface area contributed by atoms with Crippen molar-refractivity contribution in [1.29, 1.82) is 0 Å². The van der Waals surface area contributed by atoms with Crippen LogP contribution in [0.1, 0.15) is 39.0 Å². The Labute approximate surface area is 116 Å². The zero-order valence-electron chi connectivity index (χ0n) is 12.6. The first kappa shape index (κ1) is 16.4. The minimum atomic E-state index is -0.507. The number of likely N-dealkylation sites (N-methyl/N-ethyl adjacent to an activating group) is 1. The van der Waals surface area contributed by atoms with Gasteiger partial charge in [0.25, 0.3) is 0 Å². The summed E-state index contributed by atoms with van der Waals surface area (Å²) in [5, 5.41) is 3.32. The zero-order chi connectivity index (χ0) is 14.3. The zero-order valence-corrected chi connectivity index (χ0v) is 12.6. The molecule has 112 valence electrons. The van der Waals surface area contributed by atoms with Gasteiger partial charge in [-0.25, -0.2) is 0 Å². The number of hydrogen-bond acceptors (Lipinski definition) is 4. The summed E-state index contributed by atoms with van der Waals surface area (Å²) in [6.45, 7) is 4.59. The van der Waals surface area contributed by atoms with E-state index in [9.17, 15) is 4.79 Å². The van der Waals surface area contributed by atoms with Gasteiger partial charge < -0.3 is 20.7 Å². The number of carbonyl (C=O) groups excluding carboxylic acids is 1. The summed E-state index contributed by atoms with van der Waals surface area (Å²) < 4.78 is 5.08. The molecule has 1 aliphatic carbocycles. The smallest absolute Gasteiger partial charge is 0.237 e. The summed E-state index contributed by atoms with van der Waals surface area (Å²) in [4.78, 5) is 14.2. The van der Waals surface area contributed by atoms with Crippen molar-refractivity contribution < 1.29 is 9.53 Å². The van der Waals surface area contributed by atoms with Gasteiger partial charge in [-0.2, -0.15) is 0 Å². The molecule has 1 fully saturated rings. The maximum absolute atomic E-state index is 11.8. The predicted molar refractivity (Wildman–Crippen MR) is 77.0 cm³/mol. The lowest BCUT2D eigenvalue weighted by atomic mass is 9.77. The summed E-state index contributed by atoms with van der Waals surface area (Å²) in [7, 11) is 3.85. The van der Waals surface area contributed by atoms with Gasteiger partial charge in [0.2, 0.25) is 5.91 Å². The predicted octanol–water partition coefficient (Wildman–Crippen LogP) is 0.731. The van der Waals surface area contributed by atoms with Crippen LogP contribution in [0.3, 0.4) is 0 Å². The number of nitrogens with zero attached hydrogens (tertiary/aromatic N) is 1. The van der Waals surface area contributed by atoms with Crippen LogP contribution in [0.4, 0.5) is 0 Å². The first-order chi connectivity index (χ1) is 9.05. The van der Waals surface area contributed by atoms with Crippen LogP contribution in [0.15, 0.2) is 0 Å². The van der Waals surface area contributed by atoms with Crippen molar-refractivity contribution in [3.8, 4) is 0 Å². The fraction of sp³-hybridized carbons (Fsp3) is 0.929. The number of amides is 1. The Hall–Kier alpha value is -0.650. The Morgan fingerprint density at radius 2 is 2.32 bits per heavy atom. The topological polar surface area (TPSA) is 67.6 Å². The summed E-state index contributed by atoms with van der Waals surface area (Å²) in [5.41, 5.74) is 5.13. The van der Waals surface area contributed by atoms with Gasteiger partial charge in [-0.05, 0) is 45.7 Å². The van der Waals surface area contributed by atoms with Crippen LogP contribution in [0.5, 0.6) is 0 Å². The molecule has 0 aromatic heterocycles. The molecule has 0 aromatic rings. The van der Waals surface area contributed by atoms with E-state index in [1.807, 2.05) is 6.92 Å². The highest BCUT2D eigenvalue weighted by Gasteiger charge is 2.41. The van der Waals surface area contributed by atoms with Crippen LogP contribution in [0.25, 0.3) is 0 Å². The van der Waals surface area contributed by atoms with Crippen molar-refractivity contribution >= 4 is 5.91 Å². The highest BCUT2D eigenvalue weighted by Crippen LogP contribution is 2.30. The molecule has 0 aliphatic heterocycles. The molecule has 1 amide bonds. The largest absolute Gasteiger partial charge is 0.385 e. The van der Waals surface area contributed by atoms with E-state index in [0.29, 0.717) is 6.04 Å². The van der Waals surface area contributed by atoms with Crippen LogP contribution in [0.2, 0.25) is 0 Å². The number of nitrogens with two attached hydrogens (primary N) is 1. The van der Waals surface area contributed by atoms with Gasteiger partial charge in [-0.1, -0.05) is 6.92 Å². The molecule has 0 heterocycles. The third kappa shape index (κ3) is 4.44. The summed E-state index contributed by atoms with van der Waals surface area (Å²) >= 11 is 0. The average molecular weight is 271 g/mol. The van der Waals surface area contributed by atoms with Crippen LogP contribution < -0.4 is 11.1 Å². The molecule has 2 unspecified atom stereocenters. The van der Waals surface area contributed by atoms with Crippen molar-refractivity contribution in [3.63, 3.8) is 0 Å². The Kier molecular flexibility index (Phi) is 6.75. The minimum absolute atomic E-state index is 0.204. The van der Waals surface area contributed by atoms with Gasteiger partial charge >= 0.3 is 0 Å². The van der Waals surface area contributed by atoms with Gasteiger partial charge in [-0.15, -0.1) is 0 Å². The third-order valence-corrected chi connectivity index (χ3v) is 4.19. The van der Waals surface area contributed by atoms with E-state index < -0.39 is 5.54 Å². The normalized spacial score (nSPS) is 27.7. The molecule has 5 heteroatoms. The highest BCUT2D eigenvalue weighted by molar-refractivity contribution is 5.84. The van der Waals surface area contributed by atoms with Crippen molar-refractivity contribution in [1.82, 2.24) is 10.2 Å². The van der Waals surface area contributed by atoms with E-state index in [-0.39, 0.29) is 5.91 Å². The lowest BCUT2D eigenvalue weighted by Gasteiger charge is -2.42. The van der Waals surface area contributed by atoms with Gasteiger partial charge in [-0.3, -0.25) is 4.79 Å². The second-order valence-corrected chi connectivity index (χ2v) is 5.55. The number of ether oxygens (including phenoxy) is 1. The van der Waals surface area contributed by atoms with E-state index >= 15 is 0 Å². The molecule has 1 saturated carbocycles. The van der Waals surface area contributed by atoms with Gasteiger partial charge in [0.1, 0.15) is 0 Å². The van der Waals surface area contributed by atoms with E-state index in [4.69, 9.17) is 10.5 Å². The first-order valence-corrected chi connectivity index (χ1v) is 7.30. The average Bonchev–Trinajstić information content (AvgIpc) is 2.39.